The molecule has 3 heteroatoms. The van der Waals surface area contributed by atoms with Crippen LogP contribution in [0, 0.1) is 22.7 Å². The third-order valence-electron chi connectivity index (χ3n) is 8.65. The SMILES string of the molecule is C[C@H]1C[C@@H](CC(=O)C23CC4C[C@@](CF)(C2)C[C@](c2ccccc2)(C4)C3)CCN1. The van der Waals surface area contributed by atoms with Crippen LogP contribution >= 0.6 is 0 Å². The summed E-state index contributed by atoms with van der Waals surface area (Å²) in [5.74, 6) is 1.49. The first-order valence-corrected chi connectivity index (χ1v) is 11.3. The molecule has 1 N–H and O–H groups in total. The van der Waals surface area contributed by atoms with Crippen molar-refractivity contribution in [2.45, 2.75) is 76.2 Å². The average molecular weight is 384 g/mol. The molecule has 5 fully saturated rings. The second-order valence-corrected chi connectivity index (χ2v) is 10.9. The van der Waals surface area contributed by atoms with Crippen molar-refractivity contribution in [3.63, 3.8) is 0 Å². The van der Waals surface area contributed by atoms with Gasteiger partial charge in [0.15, 0.2) is 0 Å². The van der Waals surface area contributed by atoms with Crippen molar-refractivity contribution in [3.8, 4) is 0 Å². The number of halogens is 1. The maximum absolute atomic E-state index is 14.4. The predicted molar refractivity (Wildman–Crippen MR) is 110 cm³/mol. The molecule has 6 atom stereocenters. The number of benzene rings is 1. The van der Waals surface area contributed by atoms with E-state index >= 15 is 0 Å². The van der Waals surface area contributed by atoms with Crippen LogP contribution in [0.1, 0.15) is 70.3 Å². The zero-order chi connectivity index (χ0) is 19.4. The number of piperidine rings is 1. The molecule has 4 aliphatic carbocycles. The van der Waals surface area contributed by atoms with Crippen LogP contribution in [-0.2, 0) is 10.2 Å². The van der Waals surface area contributed by atoms with Crippen LogP contribution in [0.15, 0.2) is 30.3 Å². The largest absolute Gasteiger partial charge is 0.314 e. The fraction of sp³-hybridized carbons (Fsp3) is 0.720. The van der Waals surface area contributed by atoms with Gasteiger partial charge in [-0.15, -0.1) is 0 Å². The summed E-state index contributed by atoms with van der Waals surface area (Å²) in [4.78, 5) is 13.8. The molecule has 5 aliphatic rings. The molecule has 0 aromatic heterocycles. The number of carbonyl (C=O) groups is 1. The number of rotatable bonds is 5. The van der Waals surface area contributed by atoms with Gasteiger partial charge in [0.2, 0.25) is 0 Å². The summed E-state index contributed by atoms with van der Waals surface area (Å²) in [5.41, 5.74) is 0.843. The second-order valence-electron chi connectivity index (χ2n) is 10.9. The number of carbonyl (C=O) groups excluding carboxylic acids is 1. The highest BCUT2D eigenvalue weighted by atomic mass is 19.1. The topological polar surface area (TPSA) is 29.1 Å². The molecule has 0 amide bonds. The summed E-state index contributed by atoms with van der Waals surface area (Å²) in [7, 11) is 0. The van der Waals surface area contributed by atoms with E-state index in [2.05, 4.69) is 42.6 Å². The molecule has 6 rings (SSSR count). The third kappa shape index (κ3) is 2.96. The Balaban J connectivity index is 1.46. The molecule has 4 saturated carbocycles. The zero-order valence-corrected chi connectivity index (χ0v) is 17.2. The highest BCUT2D eigenvalue weighted by Crippen LogP contribution is 2.70. The molecular weight excluding hydrogens is 349 g/mol. The van der Waals surface area contributed by atoms with E-state index in [1.807, 2.05) is 0 Å². The first-order chi connectivity index (χ1) is 13.5. The smallest absolute Gasteiger partial charge is 0.139 e. The van der Waals surface area contributed by atoms with Gasteiger partial charge >= 0.3 is 0 Å². The van der Waals surface area contributed by atoms with Crippen molar-refractivity contribution in [2.75, 3.05) is 13.2 Å². The minimum Gasteiger partial charge on any atom is -0.314 e. The van der Waals surface area contributed by atoms with Gasteiger partial charge in [0.25, 0.3) is 0 Å². The van der Waals surface area contributed by atoms with Crippen LogP contribution in [-0.4, -0.2) is 25.0 Å². The van der Waals surface area contributed by atoms with E-state index < -0.39 is 0 Å². The Morgan fingerprint density at radius 1 is 1.14 bits per heavy atom. The predicted octanol–water partition coefficient (Wildman–Crippen LogP) is 5.21. The molecule has 1 saturated heterocycles. The number of alkyl halides is 1. The van der Waals surface area contributed by atoms with Gasteiger partial charge in [0.1, 0.15) is 5.78 Å². The van der Waals surface area contributed by atoms with Gasteiger partial charge in [-0.2, -0.15) is 0 Å². The lowest BCUT2D eigenvalue weighted by Crippen LogP contribution is -2.61. The summed E-state index contributed by atoms with van der Waals surface area (Å²) >= 11 is 0. The number of Topliss-reactive ketones (excluding diaryl/α,β-unsaturated/α-hetero) is 1. The van der Waals surface area contributed by atoms with Crippen LogP contribution in [0.5, 0.6) is 0 Å². The fourth-order valence-corrected chi connectivity index (χ4v) is 8.11. The van der Waals surface area contributed by atoms with Gasteiger partial charge in [-0.05, 0) is 87.6 Å². The molecule has 28 heavy (non-hydrogen) atoms. The van der Waals surface area contributed by atoms with E-state index in [9.17, 15) is 9.18 Å². The van der Waals surface area contributed by atoms with Gasteiger partial charge in [0.05, 0.1) is 6.67 Å². The Hall–Kier alpha value is -1.22. The van der Waals surface area contributed by atoms with E-state index in [1.165, 1.54) is 5.56 Å². The molecule has 1 heterocycles. The number of hydrogen-bond donors (Lipinski definition) is 1. The van der Waals surface area contributed by atoms with E-state index in [1.54, 1.807) is 0 Å². The van der Waals surface area contributed by atoms with Gasteiger partial charge in [-0.25, -0.2) is 0 Å². The standard InChI is InChI=1S/C25H34FNO/c1-18-9-19(7-8-27-18)10-22(28)25-13-20-11-23(15-25,17-26)14-24(12-20,16-25)21-5-3-2-4-6-21/h2-6,18-20,27H,7-17H2,1H3/t18-,19-,20?,23-,24+,25?/m0/s1. The van der Waals surface area contributed by atoms with E-state index in [0.29, 0.717) is 30.1 Å². The van der Waals surface area contributed by atoms with Crippen molar-refractivity contribution in [1.82, 2.24) is 5.32 Å². The quantitative estimate of drug-likeness (QED) is 0.756. The highest BCUT2D eigenvalue weighted by molar-refractivity contribution is 5.86. The third-order valence-corrected chi connectivity index (χ3v) is 8.65. The molecule has 4 bridgehead atoms. The Kier molecular flexibility index (Phi) is 4.46. The zero-order valence-electron chi connectivity index (χ0n) is 17.2. The molecule has 0 radical (unpaired) electrons. The summed E-state index contributed by atoms with van der Waals surface area (Å²) in [5, 5.41) is 3.50. The lowest BCUT2D eigenvalue weighted by Gasteiger charge is -2.66. The van der Waals surface area contributed by atoms with E-state index in [4.69, 9.17) is 0 Å². The first kappa shape index (κ1) is 18.8. The normalized spacial score (nSPS) is 44.6. The number of hydrogen-bond acceptors (Lipinski definition) is 2. The van der Waals surface area contributed by atoms with Crippen molar-refractivity contribution in [2.24, 2.45) is 22.7 Å². The summed E-state index contributed by atoms with van der Waals surface area (Å²) in [6, 6.07) is 11.3. The lowest BCUT2D eigenvalue weighted by atomic mass is 9.38. The minimum absolute atomic E-state index is 0.0177. The minimum atomic E-state index is -0.268. The van der Waals surface area contributed by atoms with Crippen LogP contribution in [0.4, 0.5) is 4.39 Å². The van der Waals surface area contributed by atoms with Crippen molar-refractivity contribution >= 4 is 5.78 Å². The maximum Gasteiger partial charge on any atom is 0.139 e. The summed E-state index contributed by atoms with van der Waals surface area (Å²) in [6.45, 7) is 3.00. The van der Waals surface area contributed by atoms with Crippen LogP contribution in [0.2, 0.25) is 0 Å². The lowest BCUT2D eigenvalue weighted by molar-refractivity contribution is -0.164. The van der Waals surface area contributed by atoms with E-state index in [-0.39, 0.29) is 22.9 Å². The molecule has 0 spiro atoms. The highest BCUT2D eigenvalue weighted by Gasteiger charge is 2.65. The number of ketones is 1. The summed E-state index contributed by atoms with van der Waals surface area (Å²) < 4.78 is 14.4. The van der Waals surface area contributed by atoms with Crippen molar-refractivity contribution in [1.29, 1.82) is 0 Å². The molecule has 2 unspecified atom stereocenters. The second kappa shape index (κ2) is 6.65. The Morgan fingerprint density at radius 2 is 1.96 bits per heavy atom. The number of nitrogens with one attached hydrogen (secondary N) is 1. The molecule has 1 aliphatic heterocycles. The van der Waals surface area contributed by atoms with Gasteiger partial charge in [0, 0.05) is 23.3 Å². The molecule has 1 aromatic carbocycles. The molecule has 1 aromatic rings. The van der Waals surface area contributed by atoms with E-state index in [0.717, 1.165) is 57.9 Å². The Labute approximate surface area is 168 Å². The van der Waals surface area contributed by atoms with Crippen molar-refractivity contribution in [3.05, 3.63) is 35.9 Å². The Bertz CT molecular complexity index is 750. The Morgan fingerprint density at radius 3 is 2.71 bits per heavy atom. The first-order valence-electron chi connectivity index (χ1n) is 11.3. The maximum atomic E-state index is 14.4. The van der Waals surface area contributed by atoms with Crippen molar-refractivity contribution < 1.29 is 9.18 Å². The molecule has 152 valence electrons. The molecular formula is C25H34FNO. The van der Waals surface area contributed by atoms with Crippen LogP contribution in [0.25, 0.3) is 0 Å². The fourth-order valence-electron chi connectivity index (χ4n) is 8.11. The van der Waals surface area contributed by atoms with Gasteiger partial charge < -0.3 is 5.32 Å². The monoisotopic (exact) mass is 383 g/mol. The average Bonchev–Trinajstić information content (AvgIpc) is 2.68. The molecule has 2 nitrogen and oxygen atoms in total. The van der Waals surface area contributed by atoms with Gasteiger partial charge in [-0.1, -0.05) is 30.3 Å². The van der Waals surface area contributed by atoms with Gasteiger partial charge in [-0.3, -0.25) is 9.18 Å². The van der Waals surface area contributed by atoms with Crippen LogP contribution in [0.3, 0.4) is 0 Å². The summed E-state index contributed by atoms with van der Waals surface area (Å²) in [6.07, 6.45) is 8.79. The van der Waals surface area contributed by atoms with Crippen LogP contribution < -0.4 is 5.32 Å².